The Morgan fingerprint density at radius 2 is 2.04 bits per heavy atom. The van der Waals surface area contributed by atoms with Gasteiger partial charge in [-0.3, -0.25) is 14.7 Å². The maximum absolute atomic E-state index is 12.4. The summed E-state index contributed by atoms with van der Waals surface area (Å²) in [6, 6.07) is 1.53. The van der Waals surface area contributed by atoms with E-state index in [1.165, 1.54) is 11.3 Å². The fraction of sp³-hybridized carbons (Fsp3) is 0.556. The van der Waals surface area contributed by atoms with Gasteiger partial charge in [0.15, 0.2) is 5.13 Å². The second-order valence-electron chi connectivity index (χ2n) is 7.71. The zero-order valence-corrected chi connectivity index (χ0v) is 16.3. The van der Waals surface area contributed by atoms with Gasteiger partial charge in [0, 0.05) is 42.7 Å². The van der Waals surface area contributed by atoms with Crippen molar-refractivity contribution in [3.8, 4) is 0 Å². The second kappa shape index (κ2) is 7.57. The zero-order chi connectivity index (χ0) is 18.7. The van der Waals surface area contributed by atoms with Crippen LogP contribution in [0.4, 0.5) is 9.93 Å². The van der Waals surface area contributed by atoms with E-state index in [4.69, 9.17) is 0 Å². The van der Waals surface area contributed by atoms with Crippen molar-refractivity contribution in [3.05, 3.63) is 40.0 Å². The van der Waals surface area contributed by atoms with Crippen LogP contribution in [0.2, 0.25) is 0 Å². The van der Waals surface area contributed by atoms with Crippen molar-refractivity contribution in [3.63, 3.8) is 0 Å². The van der Waals surface area contributed by atoms with Crippen molar-refractivity contribution in [2.75, 3.05) is 18.4 Å². The number of nitrogens with zero attached hydrogens (tertiary/aromatic N) is 4. The van der Waals surface area contributed by atoms with E-state index in [1.54, 1.807) is 23.2 Å². The molecule has 1 aliphatic rings. The molecule has 0 aliphatic carbocycles. The first-order valence-corrected chi connectivity index (χ1v) is 9.73. The fourth-order valence-electron chi connectivity index (χ4n) is 3.03. The van der Waals surface area contributed by atoms with Gasteiger partial charge < -0.3 is 4.90 Å². The van der Waals surface area contributed by atoms with Gasteiger partial charge in [-0.2, -0.15) is 0 Å². The molecule has 0 aromatic carbocycles. The first kappa shape index (κ1) is 18.6. The average Bonchev–Trinajstić information content (AvgIpc) is 3.09. The number of urea groups is 1. The predicted molar refractivity (Wildman–Crippen MR) is 103 cm³/mol. The molecule has 3 rings (SSSR count). The van der Waals surface area contributed by atoms with E-state index < -0.39 is 0 Å². The van der Waals surface area contributed by atoms with Crippen molar-refractivity contribution < 1.29 is 4.79 Å². The van der Waals surface area contributed by atoms with Crippen molar-refractivity contribution in [2.24, 2.45) is 5.92 Å². The molecule has 0 saturated carbocycles. The molecule has 2 aromatic rings. The first-order valence-electron chi connectivity index (χ1n) is 8.85. The van der Waals surface area contributed by atoms with Crippen molar-refractivity contribution in [1.82, 2.24) is 19.4 Å². The molecule has 3 heterocycles. The van der Waals surface area contributed by atoms with Crippen LogP contribution in [0, 0.1) is 5.92 Å². The highest BCUT2D eigenvalue weighted by molar-refractivity contribution is 7.13. The number of hydrogen-bond acceptors (Lipinski definition) is 5. The molecule has 0 unspecified atom stereocenters. The van der Waals surface area contributed by atoms with E-state index in [-0.39, 0.29) is 17.0 Å². The van der Waals surface area contributed by atoms with Gasteiger partial charge in [0.05, 0.1) is 12.0 Å². The minimum atomic E-state index is -0.131. The van der Waals surface area contributed by atoms with Gasteiger partial charge in [0.25, 0.3) is 5.56 Å². The minimum absolute atomic E-state index is 0.00568. The first-order chi connectivity index (χ1) is 12.3. The number of aromatic nitrogens is 3. The number of thiazole rings is 1. The van der Waals surface area contributed by atoms with Crippen molar-refractivity contribution in [2.45, 2.75) is 45.6 Å². The van der Waals surface area contributed by atoms with Crippen LogP contribution < -0.4 is 10.9 Å². The lowest BCUT2D eigenvalue weighted by Gasteiger charge is -2.32. The highest BCUT2D eigenvalue weighted by Gasteiger charge is 2.24. The monoisotopic (exact) mass is 375 g/mol. The van der Waals surface area contributed by atoms with Crippen LogP contribution in [0.3, 0.4) is 0 Å². The number of carbonyl (C=O) groups is 1. The van der Waals surface area contributed by atoms with Gasteiger partial charge in [-0.1, -0.05) is 20.8 Å². The van der Waals surface area contributed by atoms with Crippen LogP contribution >= 0.6 is 11.3 Å². The van der Waals surface area contributed by atoms with E-state index in [0.29, 0.717) is 30.7 Å². The Morgan fingerprint density at radius 3 is 2.62 bits per heavy atom. The second-order valence-corrected chi connectivity index (χ2v) is 8.61. The predicted octanol–water partition coefficient (Wildman–Crippen LogP) is 2.94. The highest BCUT2D eigenvalue weighted by atomic mass is 32.1. The number of hydrogen-bond donors (Lipinski definition) is 1. The van der Waals surface area contributed by atoms with Crippen LogP contribution in [-0.2, 0) is 12.0 Å². The standard InChI is InChI=1S/C18H25N5O2S/c1-18(2,3)14-10-15(24)23(12-20-14)11-13-4-7-22(8-5-13)17(25)21-16-19-6-9-26-16/h6,9-10,12-13H,4-5,7-8,11H2,1-3H3,(H,19,21,25). The lowest BCUT2D eigenvalue weighted by atomic mass is 9.92. The van der Waals surface area contributed by atoms with Crippen LogP contribution in [0.5, 0.6) is 0 Å². The molecule has 8 heteroatoms. The molecule has 0 radical (unpaired) electrons. The van der Waals surface area contributed by atoms with Gasteiger partial charge in [0.1, 0.15) is 0 Å². The van der Waals surface area contributed by atoms with Gasteiger partial charge in [0.2, 0.25) is 0 Å². The van der Waals surface area contributed by atoms with Crippen LogP contribution in [0.15, 0.2) is 28.8 Å². The molecule has 2 amide bonds. The minimum Gasteiger partial charge on any atom is -0.324 e. The molecule has 2 aromatic heterocycles. The highest BCUT2D eigenvalue weighted by Crippen LogP contribution is 2.21. The van der Waals surface area contributed by atoms with Gasteiger partial charge in [-0.15, -0.1) is 11.3 Å². The quantitative estimate of drug-likeness (QED) is 0.894. The molecule has 26 heavy (non-hydrogen) atoms. The van der Waals surface area contributed by atoms with Crippen LogP contribution in [-0.4, -0.2) is 38.6 Å². The average molecular weight is 375 g/mol. The molecule has 1 aliphatic heterocycles. The molecule has 7 nitrogen and oxygen atoms in total. The number of anilines is 1. The third-order valence-electron chi connectivity index (χ3n) is 4.65. The van der Waals surface area contributed by atoms with Crippen LogP contribution in [0.25, 0.3) is 0 Å². The molecular formula is C18H25N5O2S. The van der Waals surface area contributed by atoms with Gasteiger partial charge in [-0.05, 0) is 18.8 Å². The third-order valence-corrected chi connectivity index (χ3v) is 5.34. The molecule has 1 saturated heterocycles. The Labute approximate surface area is 157 Å². The number of amides is 2. The van der Waals surface area contributed by atoms with Crippen molar-refractivity contribution >= 4 is 22.5 Å². The molecule has 0 spiro atoms. The summed E-state index contributed by atoms with van der Waals surface area (Å²) in [5.41, 5.74) is 0.676. The topological polar surface area (TPSA) is 80.1 Å². The summed E-state index contributed by atoms with van der Waals surface area (Å²) in [5, 5.41) is 5.27. The Balaban J connectivity index is 1.54. The zero-order valence-electron chi connectivity index (χ0n) is 15.4. The van der Waals surface area contributed by atoms with E-state index in [9.17, 15) is 9.59 Å². The molecule has 0 bridgehead atoms. The summed E-state index contributed by atoms with van der Waals surface area (Å²) in [6.07, 6.45) is 5.07. The molecule has 140 valence electrons. The Morgan fingerprint density at radius 1 is 1.31 bits per heavy atom. The lowest BCUT2D eigenvalue weighted by Crippen LogP contribution is -2.42. The Hall–Kier alpha value is -2.22. The van der Waals surface area contributed by atoms with E-state index in [0.717, 1.165) is 18.5 Å². The maximum atomic E-state index is 12.4. The molecule has 0 atom stereocenters. The third kappa shape index (κ3) is 4.49. The molecule has 1 N–H and O–H groups in total. The summed E-state index contributed by atoms with van der Waals surface area (Å²) in [7, 11) is 0. The smallest absolute Gasteiger partial charge is 0.323 e. The Bertz CT molecular complexity index is 802. The van der Waals surface area contributed by atoms with Crippen molar-refractivity contribution in [1.29, 1.82) is 0 Å². The molecule has 1 fully saturated rings. The number of carbonyl (C=O) groups excluding carboxylic acids is 1. The fourth-order valence-corrected chi connectivity index (χ4v) is 3.54. The SMILES string of the molecule is CC(C)(C)c1cc(=O)n(CC2CCN(C(=O)Nc3nccs3)CC2)cn1. The summed E-state index contributed by atoms with van der Waals surface area (Å²) >= 11 is 1.41. The summed E-state index contributed by atoms with van der Waals surface area (Å²) < 4.78 is 1.69. The number of nitrogens with one attached hydrogen (secondary N) is 1. The Kier molecular flexibility index (Phi) is 5.41. The summed E-state index contributed by atoms with van der Waals surface area (Å²) in [6.45, 7) is 8.16. The number of piperidine rings is 1. The normalized spacial score (nSPS) is 15.9. The summed E-state index contributed by atoms with van der Waals surface area (Å²) in [5.74, 6) is 0.374. The van der Waals surface area contributed by atoms with Crippen LogP contribution in [0.1, 0.15) is 39.3 Å². The lowest BCUT2D eigenvalue weighted by molar-refractivity contribution is 0.176. The molecular weight excluding hydrogens is 350 g/mol. The van der Waals surface area contributed by atoms with E-state index in [2.05, 4.69) is 15.3 Å². The number of rotatable bonds is 3. The summed E-state index contributed by atoms with van der Waals surface area (Å²) in [4.78, 5) is 34.9. The van der Waals surface area contributed by atoms with E-state index >= 15 is 0 Å². The van der Waals surface area contributed by atoms with E-state index in [1.807, 2.05) is 31.1 Å². The van der Waals surface area contributed by atoms with Gasteiger partial charge >= 0.3 is 6.03 Å². The largest absolute Gasteiger partial charge is 0.324 e. The maximum Gasteiger partial charge on any atom is 0.323 e. The number of likely N-dealkylation sites (tertiary alicyclic amines) is 1. The van der Waals surface area contributed by atoms with Gasteiger partial charge in [-0.25, -0.2) is 14.8 Å².